The third kappa shape index (κ3) is 2.02. The molecule has 1 aromatic carbocycles. The Balaban J connectivity index is 1.78. The molecular weight excluding hydrogens is 237 g/mol. The fraction of sp³-hybridized carbons (Fsp3) is 0.182. The van der Waals surface area contributed by atoms with Crippen LogP contribution in [-0.2, 0) is 6.54 Å². The van der Waals surface area contributed by atoms with Gasteiger partial charge in [0, 0.05) is 0 Å². The Bertz CT molecular complexity index is 690. The molecule has 2 heterocycles. The lowest BCUT2D eigenvalue weighted by Crippen LogP contribution is -2.01. The molecule has 3 rings (SSSR count). The number of aromatic amines is 1. The Morgan fingerprint density at radius 1 is 1.39 bits per heavy atom. The average molecular weight is 247 g/mol. The van der Waals surface area contributed by atoms with Gasteiger partial charge in [0.25, 0.3) is 0 Å². The molecule has 0 unspecified atom stereocenters. The molecule has 2 aromatic heterocycles. The molecule has 0 bridgehead atoms. The number of aromatic nitrogens is 4. The van der Waals surface area contributed by atoms with Gasteiger partial charge in [0.2, 0.25) is 11.8 Å². The number of hydrogen-bond donors (Lipinski definition) is 2. The number of nitrogens with one attached hydrogen (secondary N) is 2. The van der Waals surface area contributed by atoms with Crippen molar-refractivity contribution in [3.8, 4) is 0 Å². The van der Waals surface area contributed by atoms with Crippen LogP contribution in [0.15, 0.2) is 22.7 Å². The van der Waals surface area contributed by atoms with E-state index in [-0.39, 0.29) is 5.82 Å². The molecule has 18 heavy (non-hydrogen) atoms. The molecular formula is C11H10FN5O. The van der Waals surface area contributed by atoms with Crippen LogP contribution >= 0.6 is 0 Å². The molecule has 6 nitrogen and oxygen atoms in total. The predicted octanol–water partition coefficient (Wildman–Crippen LogP) is 2.01. The average Bonchev–Trinajstić information content (AvgIpc) is 2.92. The molecule has 0 aliphatic heterocycles. The molecule has 0 aliphatic carbocycles. The van der Waals surface area contributed by atoms with Gasteiger partial charge in [0.05, 0.1) is 17.6 Å². The van der Waals surface area contributed by atoms with Crippen molar-refractivity contribution < 1.29 is 8.91 Å². The van der Waals surface area contributed by atoms with Crippen LogP contribution in [0.5, 0.6) is 0 Å². The highest BCUT2D eigenvalue weighted by Crippen LogP contribution is 2.15. The smallest absolute Gasteiger partial charge is 0.246 e. The minimum Gasteiger partial charge on any atom is -0.347 e. The van der Waals surface area contributed by atoms with Crippen molar-refractivity contribution in [3.63, 3.8) is 0 Å². The lowest BCUT2D eigenvalue weighted by atomic mass is 10.3. The predicted molar refractivity (Wildman–Crippen MR) is 62.4 cm³/mol. The monoisotopic (exact) mass is 247 g/mol. The van der Waals surface area contributed by atoms with Crippen LogP contribution in [0.2, 0.25) is 0 Å². The standard InChI is InChI=1S/C11H10FN5O/c1-6-14-10(18-17-6)5-13-11-15-8-3-2-7(12)4-9(8)16-11/h2-4H,5H2,1H3,(H2,13,15,16). The number of rotatable bonds is 3. The van der Waals surface area contributed by atoms with Gasteiger partial charge in [0.15, 0.2) is 5.82 Å². The quantitative estimate of drug-likeness (QED) is 0.740. The number of imidazole rings is 1. The number of hydrogen-bond acceptors (Lipinski definition) is 5. The van der Waals surface area contributed by atoms with Crippen molar-refractivity contribution in [2.75, 3.05) is 5.32 Å². The highest BCUT2D eigenvalue weighted by molar-refractivity contribution is 5.77. The maximum Gasteiger partial charge on any atom is 0.246 e. The summed E-state index contributed by atoms with van der Waals surface area (Å²) in [5.41, 5.74) is 1.33. The maximum atomic E-state index is 13.0. The van der Waals surface area contributed by atoms with Crippen molar-refractivity contribution in [2.24, 2.45) is 0 Å². The zero-order valence-corrected chi connectivity index (χ0v) is 9.57. The third-order valence-electron chi connectivity index (χ3n) is 2.42. The molecule has 0 atom stereocenters. The summed E-state index contributed by atoms with van der Waals surface area (Å²) in [6, 6.07) is 4.38. The van der Waals surface area contributed by atoms with Crippen LogP contribution in [-0.4, -0.2) is 20.1 Å². The van der Waals surface area contributed by atoms with Gasteiger partial charge < -0.3 is 14.8 Å². The molecule has 3 aromatic rings. The van der Waals surface area contributed by atoms with Crippen LogP contribution < -0.4 is 5.32 Å². The summed E-state index contributed by atoms with van der Waals surface area (Å²) in [5.74, 6) is 1.29. The fourth-order valence-electron chi connectivity index (χ4n) is 1.64. The number of halogens is 1. The van der Waals surface area contributed by atoms with E-state index in [2.05, 4.69) is 25.4 Å². The first-order valence-electron chi connectivity index (χ1n) is 5.39. The number of anilines is 1. The number of benzene rings is 1. The van der Waals surface area contributed by atoms with E-state index >= 15 is 0 Å². The summed E-state index contributed by atoms with van der Waals surface area (Å²) in [4.78, 5) is 11.3. The van der Waals surface area contributed by atoms with E-state index in [1.807, 2.05) is 0 Å². The Hall–Kier alpha value is -2.44. The number of nitrogens with zero attached hydrogens (tertiary/aromatic N) is 3. The molecule has 0 saturated carbocycles. The van der Waals surface area contributed by atoms with Crippen LogP contribution in [0.3, 0.4) is 0 Å². The summed E-state index contributed by atoms with van der Waals surface area (Å²) in [6.07, 6.45) is 0. The maximum absolute atomic E-state index is 13.0. The SMILES string of the molecule is Cc1noc(CNc2nc3ccc(F)cc3[nH]2)n1. The number of aryl methyl sites for hydroxylation is 1. The van der Waals surface area contributed by atoms with Crippen LogP contribution in [0.25, 0.3) is 11.0 Å². The van der Waals surface area contributed by atoms with Crippen molar-refractivity contribution in [3.05, 3.63) is 35.7 Å². The van der Waals surface area contributed by atoms with Gasteiger partial charge in [-0.15, -0.1) is 0 Å². The van der Waals surface area contributed by atoms with E-state index in [4.69, 9.17) is 4.52 Å². The molecule has 0 radical (unpaired) electrons. The van der Waals surface area contributed by atoms with Gasteiger partial charge in [0.1, 0.15) is 5.82 Å². The van der Waals surface area contributed by atoms with E-state index in [1.165, 1.54) is 12.1 Å². The van der Waals surface area contributed by atoms with E-state index in [0.717, 1.165) is 0 Å². The van der Waals surface area contributed by atoms with E-state index in [1.54, 1.807) is 13.0 Å². The van der Waals surface area contributed by atoms with E-state index < -0.39 is 0 Å². The lowest BCUT2D eigenvalue weighted by Gasteiger charge is -1.96. The third-order valence-corrected chi connectivity index (χ3v) is 2.42. The van der Waals surface area contributed by atoms with Crippen molar-refractivity contribution in [1.29, 1.82) is 0 Å². The summed E-state index contributed by atoms with van der Waals surface area (Å²) in [6.45, 7) is 2.11. The largest absolute Gasteiger partial charge is 0.347 e. The Morgan fingerprint density at radius 3 is 3.06 bits per heavy atom. The zero-order valence-electron chi connectivity index (χ0n) is 9.57. The Kier molecular flexibility index (Phi) is 2.44. The molecule has 2 N–H and O–H groups in total. The minimum atomic E-state index is -0.301. The minimum absolute atomic E-state index is 0.301. The molecule has 92 valence electrons. The van der Waals surface area contributed by atoms with Crippen molar-refractivity contribution in [1.82, 2.24) is 20.1 Å². The zero-order chi connectivity index (χ0) is 12.5. The van der Waals surface area contributed by atoms with Gasteiger partial charge >= 0.3 is 0 Å². The van der Waals surface area contributed by atoms with Gasteiger partial charge in [-0.05, 0) is 25.1 Å². The summed E-state index contributed by atoms with van der Waals surface area (Å²) in [5, 5.41) is 6.67. The van der Waals surface area contributed by atoms with Gasteiger partial charge in [-0.1, -0.05) is 5.16 Å². The summed E-state index contributed by atoms with van der Waals surface area (Å²) in [7, 11) is 0. The summed E-state index contributed by atoms with van der Waals surface area (Å²) >= 11 is 0. The first-order chi connectivity index (χ1) is 8.70. The second-order valence-corrected chi connectivity index (χ2v) is 3.84. The molecule has 0 saturated heterocycles. The highest BCUT2D eigenvalue weighted by atomic mass is 19.1. The number of fused-ring (bicyclic) bond motifs is 1. The number of H-pyrrole nitrogens is 1. The Labute approximate surface area is 101 Å². The molecule has 0 aliphatic rings. The molecule has 0 fully saturated rings. The molecule has 0 amide bonds. The topological polar surface area (TPSA) is 79.6 Å². The first kappa shape index (κ1) is 10.7. The normalized spacial score (nSPS) is 11.0. The van der Waals surface area contributed by atoms with Crippen LogP contribution in [0.1, 0.15) is 11.7 Å². The van der Waals surface area contributed by atoms with Gasteiger partial charge in [-0.3, -0.25) is 0 Å². The molecule has 7 heteroatoms. The van der Waals surface area contributed by atoms with Gasteiger partial charge in [-0.25, -0.2) is 9.37 Å². The van der Waals surface area contributed by atoms with Gasteiger partial charge in [-0.2, -0.15) is 4.98 Å². The lowest BCUT2D eigenvalue weighted by molar-refractivity contribution is 0.379. The second kappa shape index (κ2) is 4.10. The Morgan fingerprint density at radius 2 is 2.28 bits per heavy atom. The van der Waals surface area contributed by atoms with Crippen LogP contribution in [0.4, 0.5) is 10.3 Å². The van der Waals surface area contributed by atoms with E-state index in [0.29, 0.717) is 35.2 Å². The summed E-state index contributed by atoms with van der Waals surface area (Å²) < 4.78 is 18.0. The fourth-order valence-corrected chi connectivity index (χ4v) is 1.64. The van der Waals surface area contributed by atoms with Crippen molar-refractivity contribution in [2.45, 2.75) is 13.5 Å². The van der Waals surface area contributed by atoms with Crippen LogP contribution in [0, 0.1) is 12.7 Å². The first-order valence-corrected chi connectivity index (χ1v) is 5.39. The van der Waals surface area contributed by atoms with E-state index in [9.17, 15) is 4.39 Å². The van der Waals surface area contributed by atoms with Crippen molar-refractivity contribution >= 4 is 17.0 Å². The second-order valence-electron chi connectivity index (χ2n) is 3.84. The molecule has 0 spiro atoms. The highest BCUT2D eigenvalue weighted by Gasteiger charge is 2.06.